The SMILES string of the molecule is Cc1cc(C2CCCCC2)cc(C(c2ccc(O)c(O)c2)c2cc(C3CCCCC3)cc(C)c2O)c1O. The van der Waals surface area contributed by atoms with Crippen molar-refractivity contribution >= 4 is 0 Å². The van der Waals surface area contributed by atoms with E-state index in [1.54, 1.807) is 12.1 Å². The van der Waals surface area contributed by atoms with Crippen LogP contribution in [0.5, 0.6) is 23.0 Å². The van der Waals surface area contributed by atoms with Gasteiger partial charge in [0.25, 0.3) is 0 Å². The second-order valence-corrected chi connectivity index (χ2v) is 11.4. The summed E-state index contributed by atoms with van der Waals surface area (Å²) in [5.41, 5.74) is 6.32. The van der Waals surface area contributed by atoms with E-state index in [1.165, 1.54) is 55.7 Å². The van der Waals surface area contributed by atoms with Gasteiger partial charge in [-0.15, -0.1) is 0 Å². The van der Waals surface area contributed by atoms with E-state index in [2.05, 4.69) is 24.3 Å². The van der Waals surface area contributed by atoms with Gasteiger partial charge in [-0.25, -0.2) is 0 Å². The second-order valence-electron chi connectivity index (χ2n) is 11.4. The Bertz CT molecular complexity index is 1190. The van der Waals surface area contributed by atoms with Crippen LogP contribution >= 0.6 is 0 Å². The summed E-state index contributed by atoms with van der Waals surface area (Å²) in [5, 5.41) is 43.3. The Hall–Kier alpha value is -3.14. The molecule has 0 bridgehead atoms. The molecule has 2 saturated carbocycles. The molecule has 0 amide bonds. The average Bonchev–Trinajstić information content (AvgIpc) is 2.91. The Labute approximate surface area is 220 Å². The lowest BCUT2D eigenvalue weighted by Crippen LogP contribution is -2.11. The molecule has 0 radical (unpaired) electrons. The molecule has 37 heavy (non-hydrogen) atoms. The van der Waals surface area contributed by atoms with Gasteiger partial charge >= 0.3 is 0 Å². The molecule has 3 aromatic rings. The summed E-state index contributed by atoms with van der Waals surface area (Å²) in [7, 11) is 0. The summed E-state index contributed by atoms with van der Waals surface area (Å²) in [5.74, 6) is 0.483. The zero-order chi connectivity index (χ0) is 26.1. The number of phenols is 4. The molecular weight excluding hydrogens is 460 g/mol. The molecule has 2 aliphatic rings. The van der Waals surface area contributed by atoms with E-state index in [1.807, 2.05) is 13.8 Å². The van der Waals surface area contributed by atoms with Crippen LogP contribution < -0.4 is 0 Å². The first kappa shape index (κ1) is 25.5. The van der Waals surface area contributed by atoms with Crippen LogP contribution in [-0.2, 0) is 0 Å². The molecule has 3 aromatic carbocycles. The van der Waals surface area contributed by atoms with Gasteiger partial charge in [0.15, 0.2) is 11.5 Å². The third kappa shape index (κ3) is 5.16. The maximum Gasteiger partial charge on any atom is 0.157 e. The minimum atomic E-state index is -0.490. The Morgan fingerprint density at radius 1 is 0.568 bits per heavy atom. The highest BCUT2D eigenvalue weighted by Gasteiger charge is 2.29. The van der Waals surface area contributed by atoms with E-state index in [0.717, 1.165) is 53.5 Å². The number of benzene rings is 3. The van der Waals surface area contributed by atoms with E-state index in [0.29, 0.717) is 11.8 Å². The molecule has 5 rings (SSSR count). The Morgan fingerprint density at radius 2 is 1.03 bits per heavy atom. The number of phenolic OH excluding ortho intramolecular Hbond substituents is 4. The van der Waals surface area contributed by atoms with Crippen LogP contribution in [0.25, 0.3) is 0 Å². The van der Waals surface area contributed by atoms with Crippen molar-refractivity contribution < 1.29 is 20.4 Å². The first-order valence-electron chi connectivity index (χ1n) is 14.0. The van der Waals surface area contributed by atoms with E-state index >= 15 is 0 Å². The van der Waals surface area contributed by atoms with Gasteiger partial charge in [-0.1, -0.05) is 68.9 Å². The van der Waals surface area contributed by atoms with Crippen LogP contribution in [0.4, 0.5) is 0 Å². The van der Waals surface area contributed by atoms with Gasteiger partial charge in [-0.2, -0.15) is 0 Å². The molecule has 0 unspecified atom stereocenters. The van der Waals surface area contributed by atoms with Crippen molar-refractivity contribution in [2.24, 2.45) is 0 Å². The molecule has 196 valence electrons. The summed E-state index contributed by atoms with van der Waals surface area (Å²) in [6, 6.07) is 13.3. The number of rotatable bonds is 5. The number of hydrogen-bond acceptors (Lipinski definition) is 4. The largest absolute Gasteiger partial charge is 0.507 e. The van der Waals surface area contributed by atoms with Crippen molar-refractivity contribution in [3.8, 4) is 23.0 Å². The first-order chi connectivity index (χ1) is 17.8. The van der Waals surface area contributed by atoms with E-state index in [9.17, 15) is 20.4 Å². The van der Waals surface area contributed by atoms with Gasteiger partial charge in [0.2, 0.25) is 0 Å². The first-order valence-corrected chi connectivity index (χ1v) is 14.0. The lowest BCUT2D eigenvalue weighted by atomic mass is 9.76. The number of aromatic hydroxyl groups is 4. The summed E-state index contributed by atoms with van der Waals surface area (Å²) in [6.45, 7) is 3.89. The molecule has 4 heteroatoms. The van der Waals surface area contributed by atoms with Gasteiger partial charge in [0.05, 0.1) is 0 Å². The number of hydrogen-bond donors (Lipinski definition) is 4. The molecular formula is C33H40O4. The summed E-state index contributed by atoms with van der Waals surface area (Å²) < 4.78 is 0. The molecule has 0 heterocycles. The summed E-state index contributed by atoms with van der Waals surface area (Å²) in [6.07, 6.45) is 12.0. The monoisotopic (exact) mass is 500 g/mol. The maximum absolute atomic E-state index is 11.4. The fourth-order valence-corrected chi connectivity index (χ4v) is 6.70. The maximum atomic E-state index is 11.4. The smallest absolute Gasteiger partial charge is 0.157 e. The Morgan fingerprint density at radius 3 is 1.46 bits per heavy atom. The highest BCUT2D eigenvalue weighted by molar-refractivity contribution is 5.59. The molecule has 0 spiro atoms. The Kier molecular flexibility index (Phi) is 7.37. The highest BCUT2D eigenvalue weighted by atomic mass is 16.3. The van der Waals surface area contributed by atoms with Gasteiger partial charge < -0.3 is 20.4 Å². The third-order valence-corrected chi connectivity index (χ3v) is 8.81. The molecule has 2 aliphatic carbocycles. The molecule has 0 aliphatic heterocycles. The summed E-state index contributed by atoms with van der Waals surface area (Å²) >= 11 is 0. The van der Waals surface area contributed by atoms with Crippen molar-refractivity contribution in [1.82, 2.24) is 0 Å². The fourth-order valence-electron chi connectivity index (χ4n) is 6.70. The van der Waals surface area contributed by atoms with Gasteiger partial charge in [-0.3, -0.25) is 0 Å². The predicted molar refractivity (Wildman–Crippen MR) is 148 cm³/mol. The topological polar surface area (TPSA) is 80.9 Å². The van der Waals surface area contributed by atoms with E-state index < -0.39 is 5.92 Å². The third-order valence-electron chi connectivity index (χ3n) is 8.81. The standard InChI is InChI=1S/C33H40O4/c1-20-15-25(22-9-5-3-6-10-22)17-27(32(20)36)31(24-13-14-29(34)30(35)19-24)28-18-26(16-21(2)33(28)37)23-11-7-4-8-12-23/h13-19,22-23,31,34-37H,3-12H2,1-2H3. The average molecular weight is 501 g/mol. The van der Waals surface area contributed by atoms with Crippen molar-refractivity contribution in [3.63, 3.8) is 0 Å². The minimum Gasteiger partial charge on any atom is -0.507 e. The van der Waals surface area contributed by atoms with Crippen LogP contribution in [-0.4, -0.2) is 20.4 Å². The van der Waals surface area contributed by atoms with Gasteiger partial charge in [0, 0.05) is 17.0 Å². The van der Waals surface area contributed by atoms with Crippen molar-refractivity contribution in [2.75, 3.05) is 0 Å². The lowest BCUT2D eigenvalue weighted by molar-refractivity contribution is 0.403. The Balaban J connectivity index is 1.71. The van der Waals surface area contributed by atoms with E-state index in [4.69, 9.17) is 0 Å². The molecule has 2 fully saturated rings. The van der Waals surface area contributed by atoms with Crippen LogP contribution in [0.2, 0.25) is 0 Å². The van der Waals surface area contributed by atoms with Crippen LogP contribution in [0.1, 0.15) is 121 Å². The molecule has 4 N–H and O–H groups in total. The van der Waals surface area contributed by atoms with Gasteiger partial charge in [0.1, 0.15) is 11.5 Å². The van der Waals surface area contributed by atoms with Gasteiger partial charge in [-0.05, 0) is 91.3 Å². The zero-order valence-corrected chi connectivity index (χ0v) is 22.1. The summed E-state index contributed by atoms with van der Waals surface area (Å²) in [4.78, 5) is 0. The van der Waals surface area contributed by atoms with Crippen LogP contribution in [0.3, 0.4) is 0 Å². The van der Waals surface area contributed by atoms with Crippen molar-refractivity contribution in [3.05, 3.63) is 81.4 Å². The quantitative estimate of drug-likeness (QED) is 0.209. The lowest BCUT2D eigenvalue weighted by Gasteiger charge is -2.28. The number of aryl methyl sites for hydroxylation is 2. The molecule has 0 aromatic heterocycles. The molecule has 0 atom stereocenters. The zero-order valence-electron chi connectivity index (χ0n) is 22.1. The van der Waals surface area contributed by atoms with Crippen LogP contribution in [0.15, 0.2) is 42.5 Å². The fraction of sp³-hybridized carbons (Fsp3) is 0.455. The van der Waals surface area contributed by atoms with Crippen LogP contribution in [0, 0.1) is 13.8 Å². The minimum absolute atomic E-state index is 0.185. The highest BCUT2D eigenvalue weighted by Crippen LogP contribution is 2.47. The van der Waals surface area contributed by atoms with E-state index in [-0.39, 0.29) is 23.0 Å². The molecule has 4 nitrogen and oxygen atoms in total. The predicted octanol–water partition coefficient (Wildman–Crippen LogP) is 8.40. The van der Waals surface area contributed by atoms with Crippen molar-refractivity contribution in [2.45, 2.75) is 95.8 Å². The second kappa shape index (κ2) is 10.7. The molecule has 0 saturated heterocycles. The van der Waals surface area contributed by atoms with Crippen molar-refractivity contribution in [1.29, 1.82) is 0 Å². The normalized spacial score (nSPS) is 17.4.